The number of pyridine rings is 1. The van der Waals surface area contributed by atoms with Gasteiger partial charge in [-0.2, -0.15) is 0 Å². The predicted octanol–water partition coefficient (Wildman–Crippen LogP) is 4.67. The molecule has 0 aliphatic rings. The number of fused-ring (bicyclic) bond motifs is 1. The molecule has 0 aliphatic carbocycles. The smallest absolute Gasteiger partial charge is 0.191 e. The van der Waals surface area contributed by atoms with E-state index in [-0.39, 0.29) is 0 Å². The maximum Gasteiger partial charge on any atom is 0.191 e. The van der Waals surface area contributed by atoms with Gasteiger partial charge in [0.15, 0.2) is 11.0 Å². The van der Waals surface area contributed by atoms with Crippen LogP contribution < -0.4 is 0 Å². The Kier molecular flexibility index (Phi) is 4.59. The van der Waals surface area contributed by atoms with Crippen LogP contribution in [-0.2, 0) is 12.3 Å². The second-order valence-corrected chi connectivity index (χ2v) is 7.95. The Labute approximate surface area is 154 Å². The molecule has 0 radical (unpaired) electrons. The van der Waals surface area contributed by atoms with Gasteiger partial charge in [0.2, 0.25) is 0 Å². The number of aromatic nitrogens is 5. The van der Waals surface area contributed by atoms with Crippen LogP contribution in [0, 0.1) is 6.92 Å². The molecule has 0 bridgehead atoms. The lowest BCUT2D eigenvalue weighted by Crippen LogP contribution is -2.01. The molecule has 5 nitrogen and oxygen atoms in total. The van der Waals surface area contributed by atoms with Gasteiger partial charge in [0.25, 0.3) is 0 Å². The summed E-state index contributed by atoms with van der Waals surface area (Å²) in [4.78, 5) is 5.95. The largest absolute Gasteiger partial charge is 0.307 e. The highest BCUT2D eigenvalue weighted by Crippen LogP contribution is 2.29. The molecule has 0 unspecified atom stereocenters. The third-order valence-electron chi connectivity index (χ3n) is 3.92. The number of hydrogen-bond acceptors (Lipinski definition) is 5. The van der Waals surface area contributed by atoms with Crippen LogP contribution >= 0.6 is 23.1 Å². The van der Waals surface area contributed by atoms with Crippen LogP contribution in [0.4, 0.5) is 0 Å². The topological polar surface area (TPSA) is 48.0 Å². The van der Waals surface area contributed by atoms with Crippen molar-refractivity contribution in [1.29, 1.82) is 0 Å². The van der Waals surface area contributed by atoms with Crippen LogP contribution in [0.5, 0.6) is 0 Å². The summed E-state index contributed by atoms with van der Waals surface area (Å²) < 4.78 is 4.27. The lowest BCUT2D eigenvalue weighted by Gasteiger charge is -2.07. The third kappa shape index (κ3) is 3.34. The molecule has 0 amide bonds. The lowest BCUT2D eigenvalue weighted by molar-refractivity contribution is 0.626. The molecule has 0 fully saturated rings. The van der Waals surface area contributed by atoms with Gasteiger partial charge in [-0.1, -0.05) is 24.8 Å². The summed E-state index contributed by atoms with van der Waals surface area (Å²) in [5.41, 5.74) is 3.18. The Balaban J connectivity index is 1.58. The van der Waals surface area contributed by atoms with E-state index in [4.69, 9.17) is 0 Å². The average Bonchev–Trinajstić information content (AvgIpc) is 3.31. The molecular weight excluding hydrogens is 350 g/mol. The average molecular weight is 370 g/mol. The Morgan fingerprint density at radius 3 is 2.92 bits per heavy atom. The van der Waals surface area contributed by atoms with Crippen LogP contribution in [-0.4, -0.2) is 24.1 Å². The molecule has 0 aliphatic heterocycles. The Morgan fingerprint density at radius 2 is 2.16 bits per heavy atom. The minimum absolute atomic E-state index is 0.784. The maximum atomic E-state index is 4.66. The molecule has 0 atom stereocenters. The zero-order valence-corrected chi connectivity index (χ0v) is 15.8. The van der Waals surface area contributed by atoms with Gasteiger partial charge in [0.05, 0.1) is 5.69 Å². The molecule has 0 N–H and O–H groups in total. The maximum absolute atomic E-state index is 4.66. The fourth-order valence-corrected chi connectivity index (χ4v) is 4.32. The highest BCUT2D eigenvalue weighted by Gasteiger charge is 2.15. The van der Waals surface area contributed by atoms with E-state index >= 15 is 0 Å². The first kappa shape index (κ1) is 16.4. The van der Waals surface area contributed by atoms with Crippen molar-refractivity contribution in [3.63, 3.8) is 0 Å². The zero-order valence-electron chi connectivity index (χ0n) is 14.2. The normalized spacial score (nSPS) is 11.4. The zero-order chi connectivity index (χ0) is 17.2. The van der Waals surface area contributed by atoms with E-state index in [0.717, 1.165) is 46.6 Å². The highest BCUT2D eigenvalue weighted by molar-refractivity contribution is 7.98. The van der Waals surface area contributed by atoms with Crippen molar-refractivity contribution in [3.8, 4) is 11.4 Å². The van der Waals surface area contributed by atoms with Crippen molar-refractivity contribution in [2.24, 2.45) is 0 Å². The second kappa shape index (κ2) is 7.01. The van der Waals surface area contributed by atoms with Crippen molar-refractivity contribution >= 4 is 28.7 Å². The number of rotatable bonds is 6. The second-order valence-electron chi connectivity index (χ2n) is 5.89. The molecule has 0 spiro atoms. The van der Waals surface area contributed by atoms with Gasteiger partial charge in [-0.25, -0.2) is 4.98 Å². The number of thiophene rings is 1. The fraction of sp³-hybridized carbons (Fsp3) is 0.278. The van der Waals surface area contributed by atoms with E-state index in [1.54, 1.807) is 23.1 Å². The van der Waals surface area contributed by atoms with E-state index in [2.05, 4.69) is 51.2 Å². The molecule has 4 heterocycles. The van der Waals surface area contributed by atoms with Crippen molar-refractivity contribution in [1.82, 2.24) is 24.1 Å². The summed E-state index contributed by atoms with van der Waals surface area (Å²) in [5.74, 6) is 1.75. The molecule has 7 heteroatoms. The molecule has 0 aromatic carbocycles. The number of imidazole rings is 1. The predicted molar refractivity (Wildman–Crippen MR) is 103 cm³/mol. The third-order valence-corrected chi connectivity index (χ3v) is 5.78. The number of thioether (sulfide) groups is 1. The summed E-state index contributed by atoms with van der Waals surface area (Å²) in [6.07, 6.45) is 5.15. The Morgan fingerprint density at radius 1 is 1.24 bits per heavy atom. The summed E-state index contributed by atoms with van der Waals surface area (Å²) in [6, 6.07) is 8.22. The van der Waals surface area contributed by atoms with Crippen LogP contribution in [0.1, 0.15) is 23.9 Å². The summed E-state index contributed by atoms with van der Waals surface area (Å²) in [7, 11) is 0. The first-order chi connectivity index (χ1) is 12.2. The summed E-state index contributed by atoms with van der Waals surface area (Å²) in [6.45, 7) is 5.22. The van der Waals surface area contributed by atoms with Gasteiger partial charge in [-0.15, -0.1) is 21.5 Å². The van der Waals surface area contributed by atoms with Crippen molar-refractivity contribution in [3.05, 3.63) is 52.6 Å². The molecule has 25 heavy (non-hydrogen) atoms. The van der Waals surface area contributed by atoms with E-state index < -0.39 is 0 Å². The number of aryl methyl sites for hydroxylation is 1. The molecule has 0 saturated carbocycles. The van der Waals surface area contributed by atoms with Crippen molar-refractivity contribution in [2.45, 2.75) is 37.7 Å². The lowest BCUT2D eigenvalue weighted by atomic mass is 10.3. The summed E-state index contributed by atoms with van der Waals surface area (Å²) in [5, 5.41) is 12.0. The molecule has 4 rings (SSSR count). The summed E-state index contributed by atoms with van der Waals surface area (Å²) >= 11 is 3.44. The molecule has 4 aromatic rings. The van der Waals surface area contributed by atoms with Gasteiger partial charge in [0, 0.05) is 40.5 Å². The fourth-order valence-electron chi connectivity index (χ4n) is 2.79. The molecular formula is C18H19N5S2. The monoisotopic (exact) mass is 369 g/mol. The van der Waals surface area contributed by atoms with E-state index in [9.17, 15) is 0 Å². The van der Waals surface area contributed by atoms with Crippen molar-refractivity contribution in [2.75, 3.05) is 0 Å². The van der Waals surface area contributed by atoms with Gasteiger partial charge in [0.1, 0.15) is 5.65 Å². The van der Waals surface area contributed by atoms with E-state index in [1.165, 1.54) is 4.88 Å². The van der Waals surface area contributed by atoms with Gasteiger partial charge in [-0.3, -0.25) is 0 Å². The first-order valence-electron chi connectivity index (χ1n) is 8.28. The van der Waals surface area contributed by atoms with E-state index in [0.29, 0.717) is 0 Å². The number of hydrogen-bond donors (Lipinski definition) is 0. The Hall–Kier alpha value is -2.12. The SMILES string of the molecule is CCCn1c(SCc2cn3ccccc3n2)nnc1-c1csc(C)c1. The van der Waals surface area contributed by atoms with Crippen LogP contribution in [0.15, 0.2) is 47.2 Å². The van der Waals surface area contributed by atoms with Crippen LogP contribution in [0.3, 0.4) is 0 Å². The molecule has 4 aromatic heterocycles. The molecule has 0 saturated heterocycles. The van der Waals surface area contributed by atoms with Gasteiger partial charge < -0.3 is 8.97 Å². The van der Waals surface area contributed by atoms with Crippen molar-refractivity contribution < 1.29 is 0 Å². The van der Waals surface area contributed by atoms with Gasteiger partial charge in [-0.05, 0) is 31.5 Å². The standard InChI is InChI=1S/C18H19N5S2/c1-3-7-23-17(14-9-13(2)24-11-14)20-21-18(23)25-12-15-10-22-8-5-4-6-16(22)19-15/h4-6,8-11H,3,7,12H2,1-2H3. The number of nitrogens with zero attached hydrogens (tertiary/aromatic N) is 5. The molecule has 128 valence electrons. The minimum atomic E-state index is 0.784. The van der Waals surface area contributed by atoms with E-state index in [1.807, 2.05) is 28.8 Å². The van der Waals surface area contributed by atoms with Crippen LogP contribution in [0.2, 0.25) is 0 Å². The van der Waals surface area contributed by atoms with Crippen LogP contribution in [0.25, 0.3) is 17.0 Å². The highest BCUT2D eigenvalue weighted by atomic mass is 32.2. The Bertz CT molecular complexity index is 965. The first-order valence-corrected chi connectivity index (χ1v) is 10.1. The quantitative estimate of drug-likeness (QED) is 0.464. The van der Waals surface area contributed by atoms with Gasteiger partial charge >= 0.3 is 0 Å². The minimum Gasteiger partial charge on any atom is -0.307 e.